The van der Waals surface area contributed by atoms with Gasteiger partial charge in [0.1, 0.15) is 64.3 Å². The Kier molecular flexibility index (Phi) is 25.7. The molecule has 0 radical (unpaired) electrons. The van der Waals surface area contributed by atoms with Crippen molar-refractivity contribution < 1.29 is 42.7 Å². The van der Waals surface area contributed by atoms with Gasteiger partial charge in [-0.3, -0.25) is 29.5 Å². The first-order chi connectivity index (χ1) is 66.1. The van der Waals surface area contributed by atoms with Gasteiger partial charge >= 0.3 is 6.09 Å². The van der Waals surface area contributed by atoms with E-state index in [1.807, 2.05) is 185 Å². The van der Waals surface area contributed by atoms with E-state index >= 15 is 0 Å². The third kappa shape index (κ3) is 19.6. The lowest BCUT2D eigenvalue weighted by Crippen LogP contribution is -2.32. The number of alkyl carbamates (subject to hydrolysis) is 1. The molecule has 0 atom stereocenters. The van der Waals surface area contributed by atoms with Crippen molar-refractivity contribution >= 4 is 113 Å². The molecule has 0 unspecified atom stereocenters. The SMILES string of the molecule is COc1ccc2c(OCc3nnc4ccc(-c5ccc(CN)c(Cl)c5)nn34)ccnc2c1.COc1ccc2c(OCc3nnc4ccc(-c5ccc(CNC(=O)OC(C)(C)C)c(Cl)c5)nn34)ccnc2c1.COc1cnc2c(NCc3nnc4ccc(-c5ccc(=O)n(C)c5)nn34)ccnc2c1.COc1cnc2c(NCc3nnc4ccc(-c5ccc6c(c5)CN(C)C6=O)nn34)ccnc2c1. The molecule has 40 heteroatoms. The van der Waals surface area contributed by atoms with E-state index in [2.05, 4.69) is 91.7 Å². The number of amides is 2. The van der Waals surface area contributed by atoms with Gasteiger partial charge in [-0.05, 0) is 165 Å². The molecule has 0 spiro atoms. The van der Waals surface area contributed by atoms with Gasteiger partial charge in [0.15, 0.2) is 45.9 Å². The molecule has 0 fully saturated rings. The van der Waals surface area contributed by atoms with Crippen molar-refractivity contribution in [1.29, 1.82) is 0 Å². The van der Waals surface area contributed by atoms with Crippen LogP contribution in [0.3, 0.4) is 0 Å². The maximum atomic E-state index is 12.2. The minimum Gasteiger partial charge on any atom is -0.497 e. The first kappa shape index (κ1) is 89.5. The van der Waals surface area contributed by atoms with Crippen LogP contribution in [-0.4, -0.2) is 172 Å². The van der Waals surface area contributed by atoms with Crippen LogP contribution in [0.4, 0.5) is 16.2 Å². The van der Waals surface area contributed by atoms with E-state index in [0.717, 1.165) is 123 Å². The Morgan fingerprint density at radius 1 is 0.434 bits per heavy atom. The first-order valence-corrected chi connectivity index (χ1v) is 43.2. The second-order valence-electron chi connectivity index (χ2n) is 31.9. The van der Waals surface area contributed by atoms with Crippen LogP contribution in [0.15, 0.2) is 236 Å². The summed E-state index contributed by atoms with van der Waals surface area (Å²) in [5, 5.41) is 65.1. The Morgan fingerprint density at radius 2 is 0.853 bits per heavy atom. The number of aryl methyl sites for hydroxylation is 1. The molecule has 1 aliphatic heterocycles. The third-order valence-electron chi connectivity index (χ3n) is 21.8. The van der Waals surface area contributed by atoms with Crippen molar-refractivity contribution in [2.45, 2.75) is 72.3 Å². The van der Waals surface area contributed by atoms with Crippen LogP contribution in [-0.2, 0) is 57.7 Å². The van der Waals surface area contributed by atoms with E-state index in [-0.39, 0.29) is 31.2 Å². The maximum Gasteiger partial charge on any atom is 0.407 e. The highest BCUT2D eigenvalue weighted by molar-refractivity contribution is 6.32. The van der Waals surface area contributed by atoms with Crippen molar-refractivity contribution in [2.24, 2.45) is 12.8 Å². The van der Waals surface area contributed by atoms with Crippen LogP contribution in [0.1, 0.15) is 71.1 Å². The number of fused-ring (bicyclic) bond motifs is 9. The molecule has 1 aliphatic rings. The number of methoxy groups -OCH3 is 4. The molecule has 2 amide bonds. The summed E-state index contributed by atoms with van der Waals surface area (Å²) >= 11 is 12.8. The standard InChI is InChI=1S/C28H27ClN6O4.C24H20N8O2.C23H19ClN6O2.C21H18N8O2/c1-28(2,3)39-27(36)31-15-18-6-5-17(13-21(18)29)22-9-10-25-32-33-26(35(25)34-22)16-38-24-11-12-30-23-14-19(37-4)7-8-20(23)24;1-31-13-15-9-14(3-4-17(15)24(31)33)18-5-6-21-28-29-22(32(21)30-18)12-26-19-7-8-25-20-10-16(34-2)11-27-23(19)20;1-31-16-4-5-17-20(11-16)26-9-8-21(17)32-13-23-28-27-22-7-6-19(29-30(22)23)14-2-3-15(12-25)18(24)10-14;1-28-12-13(3-6-20(28)30)15-4-5-18-25-26-19(29(18)27-15)11-23-16-7-8-22-17-9-14(31-2)10-24-21(16)17/h5-14H,15-16H2,1-4H3,(H,31,36);3-11H,12-13H2,1-2H3,(H,25,26);2-11H,12-13,25H2,1H3;3-10,12H,11H2,1-2H3,(H,22,23). The number of hydrogen-bond donors (Lipinski definition) is 4. The van der Waals surface area contributed by atoms with Gasteiger partial charge < -0.3 is 64.3 Å². The zero-order valence-electron chi connectivity index (χ0n) is 74.5. The van der Waals surface area contributed by atoms with E-state index in [0.29, 0.717) is 116 Å². The molecular formula is C96H84Cl2N28O10. The molecule has 136 heavy (non-hydrogen) atoms. The third-order valence-corrected chi connectivity index (χ3v) is 22.5. The van der Waals surface area contributed by atoms with Crippen LogP contribution < -0.4 is 55.7 Å². The van der Waals surface area contributed by atoms with Crippen LogP contribution in [0.5, 0.6) is 34.5 Å². The lowest BCUT2D eigenvalue weighted by molar-refractivity contribution is 0.0523. The van der Waals surface area contributed by atoms with Gasteiger partial charge in [-0.2, -0.15) is 38.5 Å². The van der Waals surface area contributed by atoms with Gasteiger partial charge in [0, 0.05) is 144 Å². The molecule has 0 saturated heterocycles. The highest BCUT2D eigenvalue weighted by Gasteiger charge is 2.26. The van der Waals surface area contributed by atoms with Crippen LogP contribution in [0, 0.1) is 0 Å². The summed E-state index contributed by atoms with van der Waals surface area (Å²) in [6, 6.07) is 57.6. The number of ether oxygens (including phenoxy) is 7. The van der Waals surface area contributed by atoms with Gasteiger partial charge in [0.25, 0.3) is 5.91 Å². The summed E-state index contributed by atoms with van der Waals surface area (Å²) in [7, 11) is 9.95. The number of carbonyl (C=O) groups is 2. The van der Waals surface area contributed by atoms with Crippen molar-refractivity contribution in [3.8, 4) is 79.5 Å². The fourth-order valence-corrected chi connectivity index (χ4v) is 15.3. The number of carbonyl (C=O) groups excluding carboxylic acids is 2. The summed E-state index contributed by atoms with van der Waals surface area (Å²) in [5.41, 5.74) is 23.4. The van der Waals surface area contributed by atoms with Gasteiger partial charge in [-0.1, -0.05) is 53.5 Å². The fourth-order valence-electron chi connectivity index (χ4n) is 14.8. The van der Waals surface area contributed by atoms with Gasteiger partial charge in [-0.15, -0.1) is 40.8 Å². The van der Waals surface area contributed by atoms with Crippen LogP contribution in [0.2, 0.25) is 10.0 Å². The summed E-state index contributed by atoms with van der Waals surface area (Å²) in [6.07, 6.45) is 11.4. The molecule has 20 aromatic rings. The number of benzene rings is 5. The Morgan fingerprint density at radius 3 is 1.31 bits per heavy atom. The quantitative estimate of drug-likeness (QED) is 0.0462. The minimum atomic E-state index is -0.575. The van der Waals surface area contributed by atoms with Crippen molar-refractivity contribution in [3.05, 3.63) is 297 Å². The normalized spacial score (nSPS) is 11.7. The van der Waals surface area contributed by atoms with E-state index in [9.17, 15) is 14.4 Å². The molecular weight excluding hydrogens is 1780 g/mol. The highest BCUT2D eigenvalue weighted by Crippen LogP contribution is 2.35. The number of pyridine rings is 7. The number of halogens is 2. The number of nitrogens with two attached hydrogens (primary N) is 1. The Balaban J connectivity index is 0.000000121. The van der Waals surface area contributed by atoms with E-state index in [1.54, 1.807) is 127 Å². The fraction of sp³-hybridized carbons (Fsp3) is 0.177. The summed E-state index contributed by atoms with van der Waals surface area (Å²) in [4.78, 5) is 64.0. The van der Waals surface area contributed by atoms with Gasteiger partial charge in [0.05, 0.1) is 110 Å². The largest absolute Gasteiger partial charge is 0.497 e. The molecule has 0 bridgehead atoms. The number of hydrogen-bond acceptors (Lipinski definition) is 31. The topological polar surface area (TPSA) is 436 Å². The predicted molar refractivity (Wildman–Crippen MR) is 509 cm³/mol. The lowest BCUT2D eigenvalue weighted by atomic mass is 10.0. The number of rotatable bonds is 23. The highest BCUT2D eigenvalue weighted by atomic mass is 35.5. The van der Waals surface area contributed by atoms with E-state index in [1.165, 1.54) is 10.6 Å². The van der Waals surface area contributed by atoms with Crippen LogP contribution in [0.25, 0.3) is 111 Å². The van der Waals surface area contributed by atoms with Gasteiger partial charge in [-0.25, -0.2) is 14.8 Å². The number of anilines is 2. The summed E-state index contributed by atoms with van der Waals surface area (Å²) in [6.45, 7) is 7.78. The molecule has 5 aromatic carbocycles. The second kappa shape index (κ2) is 39.1. The average Bonchev–Trinajstić information content (AvgIpc) is 1.64. The van der Waals surface area contributed by atoms with Gasteiger partial charge in [0.2, 0.25) is 5.56 Å². The maximum absolute atomic E-state index is 12.2. The molecule has 0 saturated carbocycles. The molecule has 0 aliphatic carbocycles. The molecule has 38 nitrogen and oxygen atoms in total. The smallest absolute Gasteiger partial charge is 0.407 e. The molecule has 21 rings (SSSR count). The average molecular weight is 1860 g/mol. The predicted octanol–water partition coefficient (Wildman–Crippen LogP) is 14.6. The molecule has 5 N–H and O–H groups in total. The summed E-state index contributed by atoms with van der Waals surface area (Å²) < 4.78 is 46.7. The zero-order valence-corrected chi connectivity index (χ0v) is 76.0. The monoisotopic (exact) mass is 1860 g/mol. The Bertz CT molecular complexity index is 8010. The van der Waals surface area contributed by atoms with E-state index < -0.39 is 11.7 Å². The number of nitrogens with one attached hydrogen (secondary N) is 3. The Labute approximate surface area is 783 Å². The van der Waals surface area contributed by atoms with Crippen molar-refractivity contribution in [3.63, 3.8) is 0 Å². The molecule has 15 aromatic heterocycles. The van der Waals surface area contributed by atoms with Crippen LogP contribution >= 0.6 is 23.2 Å². The minimum absolute atomic E-state index is 0.0497. The number of aromatic nitrogens is 23. The molecule has 16 heterocycles. The van der Waals surface area contributed by atoms with Crippen molar-refractivity contribution in [1.82, 2.24) is 124 Å². The van der Waals surface area contributed by atoms with Crippen molar-refractivity contribution in [2.75, 3.05) is 46.1 Å². The summed E-state index contributed by atoms with van der Waals surface area (Å²) in [5.74, 6) is 6.57. The Hall–Kier alpha value is -17.1. The molecule has 682 valence electrons. The second-order valence-corrected chi connectivity index (χ2v) is 32.7. The van der Waals surface area contributed by atoms with E-state index in [4.69, 9.17) is 77.4 Å². The number of nitrogens with zero attached hydrogens (tertiary/aromatic N) is 24. The lowest BCUT2D eigenvalue weighted by Gasteiger charge is -2.19. The zero-order chi connectivity index (χ0) is 94.3. The first-order valence-electron chi connectivity index (χ1n) is 42.4.